The van der Waals surface area contributed by atoms with Crippen LogP contribution in [0, 0.1) is 5.82 Å². The van der Waals surface area contributed by atoms with Crippen LogP contribution in [0.1, 0.15) is 55.7 Å². The van der Waals surface area contributed by atoms with Crippen molar-refractivity contribution in [3.05, 3.63) is 47.2 Å². The quantitative estimate of drug-likeness (QED) is 0.553. The molecule has 38 heavy (non-hydrogen) atoms. The molecule has 3 heterocycles. The second-order valence-electron chi connectivity index (χ2n) is 9.76. The molecular formula is C24H26F5N5O4. The van der Waals surface area contributed by atoms with E-state index in [1.807, 2.05) is 0 Å². The molecule has 0 aromatic carbocycles. The van der Waals surface area contributed by atoms with Crippen molar-refractivity contribution < 1.29 is 41.1 Å². The first-order chi connectivity index (χ1) is 17.5. The van der Waals surface area contributed by atoms with Crippen LogP contribution in [-0.4, -0.2) is 56.6 Å². The van der Waals surface area contributed by atoms with Crippen molar-refractivity contribution in [2.75, 3.05) is 0 Å². The molecule has 0 radical (unpaired) electrons. The van der Waals surface area contributed by atoms with Crippen molar-refractivity contribution >= 4 is 17.9 Å². The highest BCUT2D eigenvalue weighted by atomic mass is 19.4. The van der Waals surface area contributed by atoms with Gasteiger partial charge in [-0.25, -0.2) is 13.6 Å². The Morgan fingerprint density at radius 2 is 1.82 bits per heavy atom. The average Bonchev–Trinajstić information content (AvgIpc) is 3.10. The Morgan fingerprint density at radius 3 is 2.39 bits per heavy atom. The van der Waals surface area contributed by atoms with Crippen molar-refractivity contribution in [1.82, 2.24) is 20.2 Å². The first-order valence-corrected chi connectivity index (χ1v) is 11.4. The standard InChI is InChI=1S/C24H26F5N5O4/c1-11-15(25)7-18(34(11)22(37)38-23(2,3)4)21(36)33-8-12-6-17(31-10-16(12)26)13-5-14(20(30)35)19(32-9-13)24(27,28)29/h5-6,9-11,15,18H,7-8H2,1-4H3,(H2,30,35)(H,33,36)/t11-,15+,18-/m0/s1. The van der Waals surface area contributed by atoms with Gasteiger partial charge in [0.1, 0.15) is 23.6 Å². The zero-order valence-corrected chi connectivity index (χ0v) is 20.9. The molecule has 14 heteroatoms. The number of carbonyl (C=O) groups is 3. The van der Waals surface area contributed by atoms with Gasteiger partial charge in [0.2, 0.25) is 5.91 Å². The molecule has 1 aliphatic heterocycles. The fourth-order valence-electron chi connectivity index (χ4n) is 3.92. The number of likely N-dealkylation sites (tertiary alicyclic amines) is 1. The fraction of sp³-hybridized carbons (Fsp3) is 0.458. The molecule has 0 saturated carbocycles. The van der Waals surface area contributed by atoms with E-state index in [1.54, 1.807) is 20.8 Å². The van der Waals surface area contributed by atoms with E-state index in [0.717, 1.165) is 29.4 Å². The van der Waals surface area contributed by atoms with Crippen LogP contribution in [-0.2, 0) is 22.3 Å². The van der Waals surface area contributed by atoms with Gasteiger partial charge in [0.05, 0.1) is 23.5 Å². The average molecular weight is 543 g/mol. The molecule has 2 aromatic heterocycles. The first-order valence-electron chi connectivity index (χ1n) is 11.4. The van der Waals surface area contributed by atoms with E-state index < -0.39 is 71.6 Å². The van der Waals surface area contributed by atoms with Gasteiger partial charge >= 0.3 is 12.3 Å². The Balaban J connectivity index is 1.82. The number of halogens is 5. The molecule has 1 aliphatic rings. The zero-order valence-electron chi connectivity index (χ0n) is 20.9. The number of nitrogens with one attached hydrogen (secondary N) is 1. The molecule has 0 unspecified atom stereocenters. The predicted octanol–water partition coefficient (Wildman–Crippen LogP) is 3.75. The number of hydrogen-bond acceptors (Lipinski definition) is 6. The number of carbonyl (C=O) groups excluding carboxylic acids is 3. The van der Waals surface area contributed by atoms with Crippen LogP contribution in [0.25, 0.3) is 11.3 Å². The van der Waals surface area contributed by atoms with Gasteiger partial charge in [-0.1, -0.05) is 0 Å². The number of rotatable bonds is 5. The summed E-state index contributed by atoms with van der Waals surface area (Å²) in [6.07, 6.45) is -6.00. The Morgan fingerprint density at radius 1 is 1.16 bits per heavy atom. The van der Waals surface area contributed by atoms with Gasteiger partial charge in [-0.05, 0) is 39.8 Å². The third-order valence-electron chi connectivity index (χ3n) is 5.76. The van der Waals surface area contributed by atoms with Crippen molar-refractivity contribution in [3.8, 4) is 11.3 Å². The molecule has 1 saturated heterocycles. The molecule has 0 spiro atoms. The third kappa shape index (κ3) is 6.34. The summed E-state index contributed by atoms with van der Waals surface area (Å²) < 4.78 is 73.6. The minimum Gasteiger partial charge on any atom is -0.444 e. The van der Waals surface area contributed by atoms with E-state index in [-0.39, 0.29) is 23.2 Å². The monoisotopic (exact) mass is 543 g/mol. The smallest absolute Gasteiger partial charge is 0.434 e. The minimum absolute atomic E-state index is 0.0481. The van der Waals surface area contributed by atoms with E-state index in [0.29, 0.717) is 0 Å². The van der Waals surface area contributed by atoms with Crippen LogP contribution >= 0.6 is 0 Å². The lowest BCUT2D eigenvalue weighted by Crippen LogP contribution is -2.50. The topological polar surface area (TPSA) is 128 Å². The Hall–Kier alpha value is -3.84. The summed E-state index contributed by atoms with van der Waals surface area (Å²) in [6, 6.07) is -0.167. The molecule has 0 aliphatic carbocycles. The van der Waals surface area contributed by atoms with Crippen LogP contribution in [0.3, 0.4) is 0 Å². The Bertz CT molecular complexity index is 1250. The summed E-state index contributed by atoms with van der Waals surface area (Å²) >= 11 is 0. The molecule has 1 fully saturated rings. The van der Waals surface area contributed by atoms with Gasteiger partial charge in [-0.2, -0.15) is 13.2 Å². The summed E-state index contributed by atoms with van der Waals surface area (Å²) in [5.41, 5.74) is 1.59. The lowest BCUT2D eigenvalue weighted by molar-refractivity contribution is -0.141. The minimum atomic E-state index is -4.93. The normalized spacial score (nSPS) is 19.8. The van der Waals surface area contributed by atoms with Crippen molar-refractivity contribution in [2.24, 2.45) is 5.73 Å². The van der Waals surface area contributed by atoms with E-state index >= 15 is 0 Å². The lowest BCUT2D eigenvalue weighted by atomic mass is 10.1. The summed E-state index contributed by atoms with van der Waals surface area (Å²) in [6.45, 7) is 5.89. The number of nitrogens with zero attached hydrogens (tertiary/aromatic N) is 3. The van der Waals surface area contributed by atoms with E-state index in [1.165, 1.54) is 6.92 Å². The second-order valence-corrected chi connectivity index (χ2v) is 9.76. The van der Waals surface area contributed by atoms with Crippen LogP contribution in [0.15, 0.2) is 24.5 Å². The number of primary amides is 1. The largest absolute Gasteiger partial charge is 0.444 e. The molecule has 3 amide bonds. The third-order valence-corrected chi connectivity index (χ3v) is 5.76. The van der Waals surface area contributed by atoms with Crippen molar-refractivity contribution in [1.29, 1.82) is 0 Å². The van der Waals surface area contributed by atoms with Crippen LogP contribution < -0.4 is 11.1 Å². The van der Waals surface area contributed by atoms with Gasteiger partial charge in [0.15, 0.2) is 5.69 Å². The SMILES string of the molecule is C[C@H]1[C@H](F)C[C@@H](C(=O)NCc2cc(-c3cnc(C(F)(F)F)c(C(N)=O)c3)ncc2F)N1C(=O)OC(C)(C)C. The molecule has 3 atom stereocenters. The number of alkyl halides is 4. The van der Waals surface area contributed by atoms with E-state index in [4.69, 9.17) is 10.5 Å². The number of hydrogen-bond donors (Lipinski definition) is 2. The number of ether oxygens (including phenoxy) is 1. The summed E-state index contributed by atoms with van der Waals surface area (Å²) in [5.74, 6) is -2.98. The fourth-order valence-corrected chi connectivity index (χ4v) is 3.92. The molecular weight excluding hydrogens is 517 g/mol. The van der Waals surface area contributed by atoms with Crippen LogP contribution in [0.5, 0.6) is 0 Å². The lowest BCUT2D eigenvalue weighted by Gasteiger charge is -2.30. The summed E-state index contributed by atoms with van der Waals surface area (Å²) in [7, 11) is 0. The van der Waals surface area contributed by atoms with Crippen molar-refractivity contribution in [2.45, 2.75) is 70.7 Å². The highest BCUT2D eigenvalue weighted by Gasteiger charge is 2.46. The number of pyridine rings is 2. The van der Waals surface area contributed by atoms with Gasteiger partial charge in [0.25, 0.3) is 5.91 Å². The maximum Gasteiger partial charge on any atom is 0.434 e. The van der Waals surface area contributed by atoms with Gasteiger partial charge in [-0.3, -0.25) is 24.5 Å². The van der Waals surface area contributed by atoms with Gasteiger partial charge in [-0.15, -0.1) is 0 Å². The molecule has 3 N–H and O–H groups in total. The molecule has 0 bridgehead atoms. The number of aromatic nitrogens is 2. The van der Waals surface area contributed by atoms with E-state index in [9.17, 15) is 36.3 Å². The Kier molecular flexibility index (Phi) is 7.94. The van der Waals surface area contributed by atoms with E-state index in [2.05, 4.69) is 15.3 Å². The molecule has 206 valence electrons. The molecule has 3 rings (SSSR count). The highest BCUT2D eigenvalue weighted by molar-refractivity contribution is 5.95. The van der Waals surface area contributed by atoms with Crippen molar-refractivity contribution in [3.63, 3.8) is 0 Å². The second kappa shape index (κ2) is 10.5. The highest BCUT2D eigenvalue weighted by Crippen LogP contribution is 2.32. The van der Waals surface area contributed by atoms with Crippen LogP contribution in [0.2, 0.25) is 0 Å². The Labute approximate surface area is 214 Å². The molecule has 9 nitrogen and oxygen atoms in total. The number of amides is 3. The number of nitrogens with two attached hydrogens (primary N) is 1. The maximum absolute atomic E-state index is 14.5. The summed E-state index contributed by atoms with van der Waals surface area (Å²) in [5, 5.41) is 2.45. The zero-order chi connectivity index (χ0) is 28.6. The summed E-state index contributed by atoms with van der Waals surface area (Å²) in [4.78, 5) is 45.1. The van der Waals surface area contributed by atoms with Crippen LogP contribution in [0.4, 0.5) is 26.7 Å². The van der Waals surface area contributed by atoms with Gasteiger partial charge < -0.3 is 15.8 Å². The predicted molar refractivity (Wildman–Crippen MR) is 124 cm³/mol. The maximum atomic E-state index is 14.5. The first kappa shape index (κ1) is 28.7. The molecule has 2 aromatic rings. The van der Waals surface area contributed by atoms with Gasteiger partial charge in [0, 0.05) is 30.3 Å².